The van der Waals surface area contributed by atoms with Gasteiger partial charge in [-0.3, -0.25) is 29.7 Å². The maximum Gasteiger partial charge on any atom is 0.293 e. The molecule has 336 valence electrons. The minimum Gasteiger partial charge on any atom is -0.454 e. The number of morpholine rings is 1. The van der Waals surface area contributed by atoms with Gasteiger partial charge in [0, 0.05) is 93.9 Å². The summed E-state index contributed by atoms with van der Waals surface area (Å²) < 4.78 is 42.1. The van der Waals surface area contributed by atoms with E-state index in [0.29, 0.717) is 37.1 Å². The molecule has 1 amide bonds. The lowest BCUT2D eigenvalue weighted by atomic mass is 9.72. The van der Waals surface area contributed by atoms with Gasteiger partial charge in [0.05, 0.1) is 28.1 Å². The number of benzene rings is 4. The number of piperazine rings is 1. The van der Waals surface area contributed by atoms with Crippen molar-refractivity contribution in [1.82, 2.24) is 14.5 Å². The van der Waals surface area contributed by atoms with Crippen molar-refractivity contribution < 1.29 is 27.6 Å². The van der Waals surface area contributed by atoms with Gasteiger partial charge in [0.1, 0.15) is 17.1 Å². The number of carbonyl (C=O) groups is 1. The fourth-order valence-electron chi connectivity index (χ4n) is 9.27. The number of nitro benzene ring substituents is 1. The molecule has 16 heteroatoms. The van der Waals surface area contributed by atoms with Gasteiger partial charge in [0.25, 0.3) is 21.6 Å². The summed E-state index contributed by atoms with van der Waals surface area (Å²) in [5, 5.41) is 16.0. The lowest BCUT2D eigenvalue weighted by Crippen LogP contribution is -2.47. The van der Waals surface area contributed by atoms with Crippen molar-refractivity contribution in [2.75, 3.05) is 69.2 Å². The van der Waals surface area contributed by atoms with Crippen LogP contribution in [-0.4, -0.2) is 106 Å². The first-order valence-corrected chi connectivity index (χ1v) is 24.0. The zero-order valence-corrected chi connectivity index (χ0v) is 37.8. The minimum absolute atomic E-state index is 0.0204. The maximum atomic E-state index is 14.0. The van der Waals surface area contributed by atoms with Gasteiger partial charge in [-0.25, -0.2) is 13.1 Å². The highest BCUT2D eigenvalue weighted by molar-refractivity contribution is 7.90. The van der Waals surface area contributed by atoms with Crippen molar-refractivity contribution in [2.24, 2.45) is 10.4 Å². The first-order chi connectivity index (χ1) is 30.8. The third-order valence-corrected chi connectivity index (χ3v) is 14.6. The third-order valence-electron chi connectivity index (χ3n) is 13.0. The van der Waals surface area contributed by atoms with Crippen molar-refractivity contribution in [3.8, 4) is 11.5 Å². The Kier molecular flexibility index (Phi) is 12.5. The highest BCUT2D eigenvalue weighted by Crippen LogP contribution is 2.44. The highest BCUT2D eigenvalue weighted by Gasteiger charge is 2.34. The average molecular weight is 909 g/mol. The molecule has 4 aromatic rings. The number of nitro groups is 1. The number of anilines is 2. The fourth-order valence-corrected chi connectivity index (χ4v) is 10.4. The van der Waals surface area contributed by atoms with Crippen LogP contribution in [0.4, 0.5) is 22.7 Å². The predicted molar refractivity (Wildman–Crippen MR) is 250 cm³/mol. The number of para-hydroxylation sites is 1. The number of hydrogen-bond donors (Lipinski definition) is 2. The minimum atomic E-state index is -4.57. The summed E-state index contributed by atoms with van der Waals surface area (Å²) in [5.74, 6) is -0.355. The molecule has 0 bridgehead atoms. The van der Waals surface area contributed by atoms with E-state index in [1.807, 2.05) is 24.3 Å². The standard InChI is InChI=1S/C48H54ClN7O7S/c1-48(2)18-16-34(41(28-48)32-6-8-35(49)9-7-32)30-53-20-22-54(23-21-53)37-12-14-40(45(26-37)63-44-5-3-4-33-17-19-50-46(33)44)47(57)52-64(60,61)39-13-15-42(43(27-39)56(58)59)51-29-38-31-55(24-25-62-38)36-10-11-36/h3-9,12-15,19,26-27,36,38,51H,10-11,16-18,20-25,28-31H2,1-2H3,(H,52,57)/t38-/m0/s1. The van der Waals surface area contributed by atoms with Crippen LogP contribution in [0.5, 0.6) is 11.5 Å². The Morgan fingerprint density at radius 1 is 1.00 bits per heavy atom. The van der Waals surface area contributed by atoms with Crippen molar-refractivity contribution in [2.45, 2.75) is 69.4 Å². The summed E-state index contributed by atoms with van der Waals surface area (Å²) in [6.07, 6.45) is 7.82. The van der Waals surface area contributed by atoms with Crippen molar-refractivity contribution >= 4 is 62.1 Å². The molecule has 2 N–H and O–H groups in total. The predicted octanol–water partition coefficient (Wildman–Crippen LogP) is 8.48. The van der Waals surface area contributed by atoms with E-state index in [9.17, 15) is 23.3 Å². The van der Waals surface area contributed by atoms with Crippen LogP contribution in [0.1, 0.15) is 67.4 Å². The topological polar surface area (TPSA) is 159 Å². The number of carbonyl (C=O) groups excluding carboxylic acids is 1. The quantitative estimate of drug-likeness (QED) is 0.0924. The van der Waals surface area contributed by atoms with Gasteiger partial charge >= 0.3 is 0 Å². The Morgan fingerprint density at radius 2 is 1.80 bits per heavy atom. The highest BCUT2D eigenvalue weighted by atomic mass is 35.5. The van der Waals surface area contributed by atoms with E-state index in [2.05, 4.69) is 55.7 Å². The lowest BCUT2D eigenvalue weighted by molar-refractivity contribution is -0.384. The summed E-state index contributed by atoms with van der Waals surface area (Å²) in [6.45, 7) is 11.2. The molecule has 64 heavy (non-hydrogen) atoms. The van der Waals surface area contributed by atoms with Gasteiger partial charge in [0.15, 0.2) is 5.75 Å². The first kappa shape index (κ1) is 43.9. The van der Waals surface area contributed by atoms with Gasteiger partial charge in [0.2, 0.25) is 0 Å². The van der Waals surface area contributed by atoms with Crippen LogP contribution in [0, 0.1) is 15.5 Å². The van der Waals surface area contributed by atoms with E-state index >= 15 is 0 Å². The zero-order valence-electron chi connectivity index (χ0n) is 36.2. The normalized spacial score (nSPS) is 20.2. The molecular weight excluding hydrogens is 854 g/mol. The van der Waals surface area contributed by atoms with Gasteiger partial charge in [-0.15, -0.1) is 0 Å². The van der Waals surface area contributed by atoms with Crippen molar-refractivity contribution in [1.29, 1.82) is 0 Å². The van der Waals surface area contributed by atoms with Crippen molar-refractivity contribution in [3.05, 3.63) is 116 Å². The zero-order chi connectivity index (χ0) is 44.6. The molecule has 4 aromatic carbocycles. The number of rotatable bonds is 14. The largest absolute Gasteiger partial charge is 0.454 e. The van der Waals surface area contributed by atoms with Crippen LogP contribution in [0.25, 0.3) is 5.57 Å². The monoisotopic (exact) mass is 907 g/mol. The molecule has 2 saturated heterocycles. The van der Waals surface area contributed by atoms with E-state index < -0.39 is 31.4 Å². The van der Waals surface area contributed by atoms with Crippen LogP contribution in [0.3, 0.4) is 0 Å². The number of nitrogens with one attached hydrogen (secondary N) is 2. The number of ether oxygens (including phenoxy) is 2. The molecule has 5 aliphatic rings. The van der Waals surface area contributed by atoms with E-state index in [0.717, 1.165) is 87.4 Å². The first-order valence-electron chi connectivity index (χ1n) is 22.1. The van der Waals surface area contributed by atoms with Gasteiger partial charge in [-0.1, -0.05) is 55.3 Å². The molecule has 14 nitrogen and oxygen atoms in total. The van der Waals surface area contributed by atoms with Crippen LogP contribution >= 0.6 is 11.6 Å². The summed E-state index contributed by atoms with van der Waals surface area (Å²) >= 11 is 6.25. The summed E-state index contributed by atoms with van der Waals surface area (Å²) in [7, 11) is -4.57. The SMILES string of the molecule is CC1(C)CCC(CN2CCN(c3ccc(C(=O)NS(=O)(=O)c4ccc(NC[C@H]5CN(C6CC6)CCO5)c([N+](=O)[O-])c4)c(Oc4cccc5c4N=CC5)c3)CC2)=C(c2ccc(Cl)cc2)C1. The number of hydrogen-bond acceptors (Lipinski definition) is 12. The van der Waals surface area contributed by atoms with E-state index in [4.69, 9.17) is 21.1 Å². The summed E-state index contributed by atoms with van der Waals surface area (Å²) in [4.78, 5) is 36.8. The van der Waals surface area contributed by atoms with Gasteiger partial charge < -0.3 is 19.7 Å². The molecule has 1 saturated carbocycles. The van der Waals surface area contributed by atoms with Crippen LogP contribution < -0.4 is 19.7 Å². The lowest BCUT2D eigenvalue weighted by Gasteiger charge is -2.39. The second-order valence-electron chi connectivity index (χ2n) is 18.2. The summed E-state index contributed by atoms with van der Waals surface area (Å²) in [6, 6.07) is 23.0. The van der Waals surface area contributed by atoms with Crippen LogP contribution in [0.15, 0.2) is 94.3 Å². The van der Waals surface area contributed by atoms with E-state index in [-0.39, 0.29) is 28.5 Å². The Bertz CT molecular complexity index is 2610. The summed E-state index contributed by atoms with van der Waals surface area (Å²) in [5.41, 5.74) is 6.50. The fraction of sp³-hybridized carbons (Fsp3) is 0.417. The average Bonchev–Trinajstić information content (AvgIpc) is 4.02. The Morgan fingerprint density at radius 3 is 2.56 bits per heavy atom. The number of sulfonamides is 1. The Balaban J connectivity index is 0.917. The third kappa shape index (κ3) is 9.98. The van der Waals surface area contributed by atoms with Gasteiger partial charge in [-0.05, 0) is 96.7 Å². The van der Waals surface area contributed by atoms with E-state index in [1.165, 1.54) is 41.7 Å². The second kappa shape index (κ2) is 18.3. The maximum absolute atomic E-state index is 14.0. The molecule has 0 radical (unpaired) electrons. The number of amides is 1. The molecule has 3 aliphatic heterocycles. The van der Waals surface area contributed by atoms with Crippen LogP contribution in [0.2, 0.25) is 5.02 Å². The molecule has 9 rings (SSSR count). The number of halogens is 1. The number of allylic oxidation sites excluding steroid dienone is 1. The molecule has 3 heterocycles. The number of fused-ring (bicyclic) bond motifs is 1. The van der Waals surface area contributed by atoms with Crippen LogP contribution in [-0.2, 0) is 21.2 Å². The second-order valence-corrected chi connectivity index (χ2v) is 20.3. The number of aliphatic imine (C=N–C) groups is 1. The molecule has 0 unspecified atom stereocenters. The molecular formula is C48H54ClN7O7S. The molecule has 1 atom stereocenters. The Labute approximate surface area is 379 Å². The van der Waals surface area contributed by atoms with E-state index in [1.54, 1.807) is 30.5 Å². The number of nitrogens with zero attached hydrogens (tertiary/aromatic N) is 5. The molecule has 2 aliphatic carbocycles. The Hall–Kier alpha value is -5.32. The van der Waals surface area contributed by atoms with Gasteiger partial charge in [-0.2, -0.15) is 0 Å². The molecule has 3 fully saturated rings. The van der Waals surface area contributed by atoms with Crippen molar-refractivity contribution in [3.63, 3.8) is 0 Å². The molecule has 0 aromatic heterocycles. The smallest absolute Gasteiger partial charge is 0.293 e. The molecule has 0 spiro atoms.